The Morgan fingerprint density at radius 1 is 1.10 bits per heavy atom. The normalized spacial score (nSPS) is 16.8. The molecule has 1 aliphatic rings. The van der Waals surface area contributed by atoms with Crippen molar-refractivity contribution in [1.82, 2.24) is 9.62 Å². The Hall–Kier alpha value is -1.81. The van der Waals surface area contributed by atoms with Crippen LogP contribution >= 0.6 is 11.6 Å². The summed E-state index contributed by atoms with van der Waals surface area (Å²) < 4.78 is 73.5. The number of sulfonamides is 1. The molecule has 0 aliphatic carbocycles. The van der Waals surface area contributed by atoms with Crippen molar-refractivity contribution in [3.8, 4) is 5.75 Å². The molecule has 1 heterocycles. The van der Waals surface area contributed by atoms with Crippen molar-refractivity contribution < 1.29 is 26.3 Å². The summed E-state index contributed by atoms with van der Waals surface area (Å²) in [4.78, 5) is 1.32. The van der Waals surface area contributed by atoms with E-state index in [0.717, 1.165) is 50.0 Å². The van der Waals surface area contributed by atoms with Crippen LogP contribution in [0.5, 0.6) is 5.75 Å². The van der Waals surface area contributed by atoms with Crippen molar-refractivity contribution >= 4 is 21.6 Å². The monoisotopic (exact) mass is 476 g/mol. The van der Waals surface area contributed by atoms with Gasteiger partial charge in [-0.1, -0.05) is 30.2 Å². The standard InChI is InChI=1S/C21H24ClF3N2O3S/c1-30-17-8-5-15(6-9-17)19(27-11-3-2-4-12-27)14-26-31(28,29)20-10-7-16(22)13-18(20)21(23,24)25/h5-10,13,19,26H,2-4,11-12,14H2,1H3. The first-order chi connectivity index (χ1) is 14.6. The number of ether oxygens (including phenoxy) is 1. The maximum atomic E-state index is 13.4. The maximum Gasteiger partial charge on any atom is 0.417 e. The summed E-state index contributed by atoms with van der Waals surface area (Å²) in [6.45, 7) is 1.51. The highest BCUT2D eigenvalue weighted by Crippen LogP contribution is 2.36. The van der Waals surface area contributed by atoms with E-state index in [9.17, 15) is 21.6 Å². The second-order valence-electron chi connectivity index (χ2n) is 7.38. The quantitative estimate of drug-likeness (QED) is 0.619. The van der Waals surface area contributed by atoms with Crippen molar-refractivity contribution in [2.75, 3.05) is 26.7 Å². The number of halogens is 4. The van der Waals surface area contributed by atoms with Crippen LogP contribution in [-0.2, 0) is 16.2 Å². The fourth-order valence-corrected chi connectivity index (χ4v) is 5.15. The molecule has 1 saturated heterocycles. The molecule has 0 saturated carbocycles. The molecule has 170 valence electrons. The molecular weight excluding hydrogens is 453 g/mol. The molecule has 2 aromatic carbocycles. The number of benzene rings is 2. The molecule has 5 nitrogen and oxygen atoms in total. The number of piperidine rings is 1. The van der Waals surface area contributed by atoms with Gasteiger partial charge >= 0.3 is 6.18 Å². The fourth-order valence-electron chi connectivity index (χ4n) is 3.74. The van der Waals surface area contributed by atoms with E-state index >= 15 is 0 Å². The minimum atomic E-state index is -4.85. The third-order valence-corrected chi connectivity index (χ3v) is 7.05. The summed E-state index contributed by atoms with van der Waals surface area (Å²) in [5.41, 5.74) is -0.427. The lowest BCUT2D eigenvalue weighted by molar-refractivity contribution is -0.139. The van der Waals surface area contributed by atoms with Crippen molar-refractivity contribution in [3.05, 3.63) is 58.6 Å². The van der Waals surface area contributed by atoms with Gasteiger partial charge in [0.2, 0.25) is 10.0 Å². The summed E-state index contributed by atoms with van der Waals surface area (Å²) in [5.74, 6) is 0.665. The molecular formula is C21H24ClF3N2O3S. The molecule has 0 bridgehead atoms. The largest absolute Gasteiger partial charge is 0.497 e. The van der Waals surface area contributed by atoms with Crippen LogP contribution < -0.4 is 9.46 Å². The zero-order valence-corrected chi connectivity index (χ0v) is 18.5. The molecule has 1 aliphatic heterocycles. The Labute approximate surface area is 185 Å². The second kappa shape index (κ2) is 9.77. The molecule has 1 fully saturated rings. The highest BCUT2D eigenvalue weighted by Gasteiger charge is 2.37. The van der Waals surface area contributed by atoms with Crippen LogP contribution in [0.3, 0.4) is 0 Å². The van der Waals surface area contributed by atoms with Crippen LogP contribution in [0.15, 0.2) is 47.4 Å². The minimum absolute atomic E-state index is 0.0609. The number of alkyl halides is 3. The zero-order valence-electron chi connectivity index (χ0n) is 17.0. The molecule has 10 heteroatoms. The van der Waals surface area contributed by atoms with Crippen LogP contribution in [0.1, 0.15) is 36.4 Å². The van der Waals surface area contributed by atoms with Gasteiger partial charge in [-0.05, 0) is 61.8 Å². The van der Waals surface area contributed by atoms with Crippen molar-refractivity contribution in [3.63, 3.8) is 0 Å². The Balaban J connectivity index is 1.88. The SMILES string of the molecule is COc1ccc(C(CNS(=O)(=O)c2ccc(Cl)cc2C(F)(F)F)N2CCCCC2)cc1. The highest BCUT2D eigenvalue weighted by molar-refractivity contribution is 7.89. The third kappa shape index (κ3) is 5.91. The number of methoxy groups -OCH3 is 1. The van der Waals surface area contributed by atoms with E-state index < -0.39 is 26.7 Å². The van der Waals surface area contributed by atoms with Crippen molar-refractivity contribution in [2.24, 2.45) is 0 Å². The Morgan fingerprint density at radius 2 is 1.74 bits per heavy atom. The van der Waals surface area contributed by atoms with Crippen molar-refractivity contribution in [1.29, 1.82) is 0 Å². The Morgan fingerprint density at radius 3 is 2.32 bits per heavy atom. The lowest BCUT2D eigenvalue weighted by atomic mass is 10.0. The molecule has 2 aromatic rings. The van der Waals surface area contributed by atoms with Gasteiger partial charge in [-0.15, -0.1) is 0 Å². The van der Waals surface area contributed by atoms with E-state index in [4.69, 9.17) is 16.3 Å². The highest BCUT2D eigenvalue weighted by atomic mass is 35.5. The number of hydrogen-bond acceptors (Lipinski definition) is 4. The predicted molar refractivity (Wildman–Crippen MR) is 113 cm³/mol. The van der Waals surface area contributed by atoms with Gasteiger partial charge in [-0.2, -0.15) is 13.2 Å². The third-order valence-electron chi connectivity index (χ3n) is 5.34. The van der Waals surface area contributed by atoms with Gasteiger partial charge in [-0.25, -0.2) is 13.1 Å². The fraction of sp³-hybridized carbons (Fsp3) is 0.429. The van der Waals surface area contributed by atoms with E-state index in [1.54, 1.807) is 19.2 Å². The van der Waals surface area contributed by atoms with Gasteiger partial charge in [-0.3, -0.25) is 4.90 Å². The summed E-state index contributed by atoms with van der Waals surface area (Å²) in [6.07, 6.45) is -1.79. The average molecular weight is 477 g/mol. The molecule has 0 radical (unpaired) electrons. The van der Waals surface area contributed by atoms with E-state index in [2.05, 4.69) is 9.62 Å². The molecule has 1 N–H and O–H groups in total. The molecule has 1 atom stereocenters. The first kappa shape index (κ1) is 23.8. The van der Waals surface area contributed by atoms with Crippen LogP contribution in [0.2, 0.25) is 5.02 Å². The maximum absolute atomic E-state index is 13.4. The van der Waals surface area contributed by atoms with Gasteiger partial charge in [0.25, 0.3) is 0 Å². The van der Waals surface area contributed by atoms with E-state index in [-0.39, 0.29) is 17.6 Å². The average Bonchev–Trinajstić information content (AvgIpc) is 2.74. The number of nitrogens with zero attached hydrogens (tertiary/aromatic N) is 1. The predicted octanol–water partition coefficient (Wildman–Crippen LogP) is 4.87. The summed E-state index contributed by atoms with van der Waals surface area (Å²) in [5, 5.41) is -0.185. The summed E-state index contributed by atoms with van der Waals surface area (Å²) in [7, 11) is -2.87. The minimum Gasteiger partial charge on any atom is -0.497 e. The molecule has 1 unspecified atom stereocenters. The summed E-state index contributed by atoms with van der Waals surface area (Å²) >= 11 is 5.67. The Bertz CT molecular complexity index is 992. The van der Waals surface area contributed by atoms with E-state index in [1.807, 2.05) is 12.1 Å². The number of likely N-dealkylation sites (tertiary alicyclic amines) is 1. The van der Waals surface area contributed by atoms with E-state index in [0.29, 0.717) is 11.8 Å². The molecule has 0 aromatic heterocycles. The number of rotatable bonds is 7. The number of hydrogen-bond donors (Lipinski definition) is 1. The van der Waals surface area contributed by atoms with E-state index in [1.165, 1.54) is 0 Å². The molecule has 31 heavy (non-hydrogen) atoms. The first-order valence-corrected chi connectivity index (χ1v) is 11.7. The zero-order chi connectivity index (χ0) is 22.6. The topological polar surface area (TPSA) is 58.6 Å². The van der Waals surface area contributed by atoms with Crippen LogP contribution in [0.4, 0.5) is 13.2 Å². The first-order valence-electron chi connectivity index (χ1n) is 9.86. The van der Waals surface area contributed by atoms with Crippen LogP contribution in [0.25, 0.3) is 0 Å². The lowest BCUT2D eigenvalue weighted by Gasteiger charge is -2.35. The van der Waals surface area contributed by atoms with Crippen LogP contribution in [-0.4, -0.2) is 40.1 Å². The second-order valence-corrected chi connectivity index (χ2v) is 9.55. The van der Waals surface area contributed by atoms with Gasteiger partial charge in [0, 0.05) is 17.6 Å². The van der Waals surface area contributed by atoms with Crippen LogP contribution in [0, 0.1) is 0 Å². The summed E-state index contributed by atoms with van der Waals surface area (Å²) in [6, 6.07) is 9.58. The number of nitrogens with one attached hydrogen (secondary N) is 1. The lowest BCUT2D eigenvalue weighted by Crippen LogP contribution is -2.40. The smallest absolute Gasteiger partial charge is 0.417 e. The molecule has 0 amide bonds. The van der Waals surface area contributed by atoms with Gasteiger partial charge in [0.05, 0.1) is 17.6 Å². The molecule has 0 spiro atoms. The van der Waals surface area contributed by atoms with Gasteiger partial charge < -0.3 is 4.74 Å². The van der Waals surface area contributed by atoms with Gasteiger partial charge in [0.15, 0.2) is 0 Å². The Kier molecular flexibility index (Phi) is 7.51. The van der Waals surface area contributed by atoms with Crippen molar-refractivity contribution in [2.45, 2.75) is 36.4 Å². The van der Waals surface area contributed by atoms with Gasteiger partial charge in [0.1, 0.15) is 5.75 Å². The molecule has 3 rings (SSSR count).